The third-order valence-corrected chi connectivity index (χ3v) is 6.24. The molecule has 32 heavy (non-hydrogen) atoms. The van der Waals surface area contributed by atoms with Gasteiger partial charge in [0.25, 0.3) is 5.91 Å². The first kappa shape index (κ1) is 22.3. The molecule has 4 aromatic rings. The number of para-hydroxylation sites is 1. The highest BCUT2D eigenvalue weighted by Crippen LogP contribution is 2.33. The number of nitrogens with zero attached hydrogens (tertiary/aromatic N) is 2. The van der Waals surface area contributed by atoms with Crippen LogP contribution in [-0.4, -0.2) is 22.4 Å². The summed E-state index contributed by atoms with van der Waals surface area (Å²) in [5.74, 6) is 0.465. The fraction of sp³-hybridized carbons (Fsp3) is 0.125. The van der Waals surface area contributed by atoms with Gasteiger partial charge in [0.15, 0.2) is 0 Å². The minimum Gasteiger partial charge on any atom is -0.488 e. The summed E-state index contributed by atoms with van der Waals surface area (Å²) in [6, 6.07) is 18.7. The van der Waals surface area contributed by atoms with Crippen LogP contribution in [0.3, 0.4) is 0 Å². The zero-order chi connectivity index (χ0) is 22.3. The summed E-state index contributed by atoms with van der Waals surface area (Å²) in [5.41, 5.74) is 3.04. The minimum atomic E-state index is -0.211. The highest BCUT2D eigenvalue weighted by molar-refractivity contribution is 7.13. The summed E-state index contributed by atoms with van der Waals surface area (Å²) in [4.78, 5) is 21.3. The number of aromatic nitrogens is 2. The van der Waals surface area contributed by atoms with Crippen LogP contribution in [-0.2, 0) is 13.0 Å². The van der Waals surface area contributed by atoms with Crippen LogP contribution in [0.2, 0.25) is 10.0 Å². The molecule has 5 nitrogen and oxygen atoms in total. The van der Waals surface area contributed by atoms with Crippen molar-refractivity contribution in [3.05, 3.63) is 99.2 Å². The van der Waals surface area contributed by atoms with Crippen molar-refractivity contribution in [1.29, 1.82) is 0 Å². The number of hydrogen-bond acceptors (Lipinski definition) is 5. The summed E-state index contributed by atoms with van der Waals surface area (Å²) in [5, 5.41) is 6.35. The lowest BCUT2D eigenvalue weighted by Gasteiger charge is -2.10. The number of thiazole rings is 1. The summed E-state index contributed by atoms with van der Waals surface area (Å²) >= 11 is 13.5. The molecular formula is C24H19Cl2N3O2S. The van der Waals surface area contributed by atoms with E-state index in [9.17, 15) is 4.79 Å². The van der Waals surface area contributed by atoms with Crippen LogP contribution in [0, 0.1) is 0 Å². The Labute approximate surface area is 200 Å². The number of carbonyl (C=O) groups excluding carboxylic acids is 1. The summed E-state index contributed by atoms with van der Waals surface area (Å²) < 4.78 is 6.01. The van der Waals surface area contributed by atoms with Crippen LogP contribution in [0.5, 0.6) is 5.75 Å². The molecule has 0 aliphatic heterocycles. The lowest BCUT2D eigenvalue weighted by atomic mass is 10.2. The Balaban J connectivity index is 1.41. The maximum absolute atomic E-state index is 12.5. The number of hydrogen-bond donors (Lipinski definition) is 1. The Bertz CT molecular complexity index is 1210. The number of rotatable bonds is 8. The van der Waals surface area contributed by atoms with E-state index in [1.54, 1.807) is 23.7 Å². The summed E-state index contributed by atoms with van der Waals surface area (Å²) in [6.07, 6.45) is 2.40. The Morgan fingerprint density at radius 2 is 1.88 bits per heavy atom. The molecule has 4 rings (SSSR count). The second kappa shape index (κ2) is 10.6. The number of nitrogens with one attached hydrogen (secondary N) is 1. The van der Waals surface area contributed by atoms with Crippen molar-refractivity contribution in [3.63, 3.8) is 0 Å². The molecule has 0 bridgehead atoms. The second-order valence-corrected chi connectivity index (χ2v) is 8.57. The van der Waals surface area contributed by atoms with Gasteiger partial charge < -0.3 is 10.1 Å². The van der Waals surface area contributed by atoms with Crippen molar-refractivity contribution in [2.75, 3.05) is 6.54 Å². The number of benzene rings is 2. The van der Waals surface area contributed by atoms with E-state index in [2.05, 4.69) is 15.3 Å². The molecule has 2 aromatic heterocycles. The molecule has 0 fully saturated rings. The van der Waals surface area contributed by atoms with Gasteiger partial charge in [-0.15, -0.1) is 11.3 Å². The number of pyridine rings is 1. The predicted molar refractivity (Wildman–Crippen MR) is 129 cm³/mol. The first-order valence-electron chi connectivity index (χ1n) is 9.90. The number of carbonyl (C=O) groups is 1. The van der Waals surface area contributed by atoms with Gasteiger partial charge in [0, 0.05) is 30.2 Å². The van der Waals surface area contributed by atoms with Crippen molar-refractivity contribution < 1.29 is 9.53 Å². The van der Waals surface area contributed by atoms with Crippen LogP contribution in [0.25, 0.3) is 10.6 Å². The number of amides is 1. The van der Waals surface area contributed by atoms with E-state index in [0.29, 0.717) is 46.1 Å². The molecule has 0 radical (unpaired) electrons. The van der Waals surface area contributed by atoms with Gasteiger partial charge >= 0.3 is 0 Å². The minimum absolute atomic E-state index is 0.211. The van der Waals surface area contributed by atoms with Crippen molar-refractivity contribution in [2.45, 2.75) is 13.0 Å². The first-order chi connectivity index (χ1) is 15.6. The largest absolute Gasteiger partial charge is 0.488 e. The van der Waals surface area contributed by atoms with E-state index in [0.717, 1.165) is 16.8 Å². The van der Waals surface area contributed by atoms with Crippen LogP contribution in [0.1, 0.15) is 21.7 Å². The molecule has 8 heteroatoms. The SMILES string of the molecule is O=C(NCCc1ccccn1)c1csc(-c2ccccc2OCc2ccc(Cl)c(Cl)c2)n1. The van der Waals surface area contributed by atoms with Crippen LogP contribution < -0.4 is 10.1 Å². The second-order valence-electron chi connectivity index (χ2n) is 6.90. The van der Waals surface area contributed by atoms with E-state index >= 15 is 0 Å². The molecule has 0 saturated heterocycles. The third kappa shape index (κ3) is 5.65. The Hall–Kier alpha value is -2.93. The smallest absolute Gasteiger partial charge is 0.270 e. The lowest BCUT2D eigenvalue weighted by Crippen LogP contribution is -2.26. The van der Waals surface area contributed by atoms with Crippen molar-refractivity contribution in [2.24, 2.45) is 0 Å². The van der Waals surface area contributed by atoms with Gasteiger partial charge in [-0.25, -0.2) is 4.98 Å². The molecule has 1 amide bonds. The lowest BCUT2D eigenvalue weighted by molar-refractivity contribution is 0.0950. The molecule has 2 aromatic carbocycles. The Kier molecular flexibility index (Phi) is 7.37. The maximum atomic E-state index is 12.5. The van der Waals surface area contributed by atoms with Crippen LogP contribution >= 0.6 is 34.5 Å². The fourth-order valence-corrected chi connectivity index (χ4v) is 4.15. The van der Waals surface area contributed by atoms with E-state index in [4.69, 9.17) is 27.9 Å². The van der Waals surface area contributed by atoms with Gasteiger partial charge in [0.2, 0.25) is 0 Å². The first-order valence-corrected chi connectivity index (χ1v) is 11.5. The molecule has 0 aliphatic carbocycles. The molecular weight excluding hydrogens is 465 g/mol. The zero-order valence-corrected chi connectivity index (χ0v) is 19.3. The van der Waals surface area contributed by atoms with E-state index in [1.165, 1.54) is 11.3 Å². The Morgan fingerprint density at radius 3 is 2.69 bits per heavy atom. The van der Waals surface area contributed by atoms with E-state index in [1.807, 2.05) is 48.5 Å². The van der Waals surface area contributed by atoms with Gasteiger partial charge in [0.05, 0.1) is 15.6 Å². The van der Waals surface area contributed by atoms with Gasteiger partial charge in [0.1, 0.15) is 23.1 Å². The van der Waals surface area contributed by atoms with Crippen molar-refractivity contribution in [1.82, 2.24) is 15.3 Å². The quantitative estimate of drug-likeness (QED) is 0.330. The van der Waals surface area contributed by atoms with E-state index < -0.39 is 0 Å². The van der Waals surface area contributed by atoms with Gasteiger partial charge in [-0.05, 0) is 42.0 Å². The molecule has 0 atom stereocenters. The average molecular weight is 484 g/mol. The van der Waals surface area contributed by atoms with Crippen LogP contribution in [0.15, 0.2) is 72.2 Å². The molecule has 2 heterocycles. The molecule has 0 aliphatic rings. The summed E-state index contributed by atoms with van der Waals surface area (Å²) in [6.45, 7) is 0.826. The van der Waals surface area contributed by atoms with Gasteiger partial charge in [-0.2, -0.15) is 0 Å². The van der Waals surface area contributed by atoms with Gasteiger partial charge in [-0.3, -0.25) is 9.78 Å². The van der Waals surface area contributed by atoms with Crippen LogP contribution in [0.4, 0.5) is 0 Å². The normalized spacial score (nSPS) is 10.7. The zero-order valence-electron chi connectivity index (χ0n) is 16.9. The maximum Gasteiger partial charge on any atom is 0.270 e. The number of halogens is 2. The monoisotopic (exact) mass is 483 g/mol. The molecule has 0 spiro atoms. The molecule has 1 N–H and O–H groups in total. The number of ether oxygens (including phenoxy) is 1. The molecule has 0 unspecified atom stereocenters. The average Bonchev–Trinajstić information content (AvgIpc) is 3.31. The predicted octanol–water partition coefficient (Wildman–Crippen LogP) is 6.06. The highest BCUT2D eigenvalue weighted by Gasteiger charge is 2.15. The van der Waals surface area contributed by atoms with Crippen molar-refractivity contribution in [3.8, 4) is 16.3 Å². The standard InChI is InChI=1S/C24H19Cl2N3O2S/c25-19-9-8-16(13-20(19)26)14-31-22-7-2-1-6-18(22)24-29-21(15-32-24)23(30)28-12-10-17-5-3-4-11-27-17/h1-9,11,13,15H,10,12,14H2,(H,28,30). The Morgan fingerprint density at radius 1 is 1.03 bits per heavy atom. The fourth-order valence-electron chi connectivity index (χ4n) is 3.00. The third-order valence-electron chi connectivity index (χ3n) is 4.63. The summed E-state index contributed by atoms with van der Waals surface area (Å²) in [7, 11) is 0. The topological polar surface area (TPSA) is 64.1 Å². The molecule has 0 saturated carbocycles. The molecule has 162 valence electrons. The van der Waals surface area contributed by atoms with Crippen molar-refractivity contribution >= 4 is 40.4 Å². The van der Waals surface area contributed by atoms with Gasteiger partial charge in [-0.1, -0.05) is 47.5 Å². The van der Waals surface area contributed by atoms with E-state index in [-0.39, 0.29) is 5.91 Å². The highest BCUT2D eigenvalue weighted by atomic mass is 35.5.